The second-order valence-electron chi connectivity index (χ2n) is 3.65. The Bertz CT molecular complexity index is 186. The molecule has 13 heavy (non-hydrogen) atoms. The number of hydrogen-bond acceptors (Lipinski definition) is 4. The van der Waals surface area contributed by atoms with Crippen molar-refractivity contribution < 1.29 is 19.3 Å². The van der Waals surface area contributed by atoms with Crippen LogP contribution in [0.4, 0.5) is 0 Å². The van der Waals surface area contributed by atoms with Crippen molar-refractivity contribution in [1.82, 2.24) is 0 Å². The fourth-order valence-electron chi connectivity index (χ4n) is 1.88. The summed E-state index contributed by atoms with van der Waals surface area (Å²) in [4.78, 5) is 20.4. The molecular weight excluding hydrogens is 172 g/mol. The van der Waals surface area contributed by atoms with Crippen LogP contribution in [0, 0.1) is 5.92 Å². The monoisotopic (exact) mass is 186 g/mol. The van der Waals surface area contributed by atoms with Crippen molar-refractivity contribution in [2.75, 3.05) is 6.79 Å². The fourth-order valence-corrected chi connectivity index (χ4v) is 1.88. The minimum Gasteiger partial charge on any atom is -0.320 e. The van der Waals surface area contributed by atoms with Gasteiger partial charge in [-0.2, -0.15) is 0 Å². The largest absolute Gasteiger partial charge is 0.320 e. The third-order valence-corrected chi connectivity index (χ3v) is 2.64. The molecule has 0 aromatic heterocycles. The zero-order valence-corrected chi connectivity index (χ0v) is 7.53. The van der Waals surface area contributed by atoms with E-state index in [1.165, 1.54) is 0 Å². The van der Waals surface area contributed by atoms with Crippen LogP contribution in [0.15, 0.2) is 0 Å². The molecule has 1 heterocycles. The Morgan fingerprint density at radius 3 is 2.92 bits per heavy atom. The molecule has 0 spiro atoms. The minimum absolute atomic E-state index is 0.212. The zero-order valence-electron chi connectivity index (χ0n) is 7.53. The molecule has 0 aromatic carbocycles. The van der Waals surface area contributed by atoms with Gasteiger partial charge in [0.2, 0.25) is 0 Å². The maximum absolute atomic E-state index is 11.0. The lowest BCUT2D eigenvalue weighted by atomic mass is 10.0. The Balaban J connectivity index is 1.64. The summed E-state index contributed by atoms with van der Waals surface area (Å²) in [6.07, 6.45) is 4.15. The highest BCUT2D eigenvalue weighted by Gasteiger charge is 2.25. The average molecular weight is 186 g/mol. The first kappa shape index (κ1) is 9.12. The van der Waals surface area contributed by atoms with Crippen LogP contribution in [0.5, 0.6) is 0 Å². The Morgan fingerprint density at radius 2 is 2.31 bits per heavy atom. The lowest BCUT2D eigenvalue weighted by Crippen LogP contribution is -2.09. The van der Waals surface area contributed by atoms with Crippen LogP contribution in [0.2, 0.25) is 0 Å². The van der Waals surface area contributed by atoms with E-state index in [4.69, 9.17) is 9.62 Å². The molecule has 1 saturated carbocycles. The van der Waals surface area contributed by atoms with Crippen LogP contribution in [0.1, 0.15) is 32.1 Å². The highest BCUT2D eigenvalue weighted by molar-refractivity contribution is 5.80. The van der Waals surface area contributed by atoms with Crippen LogP contribution in [-0.2, 0) is 19.3 Å². The quantitative estimate of drug-likeness (QED) is 0.625. The zero-order chi connectivity index (χ0) is 9.10. The first-order valence-electron chi connectivity index (χ1n) is 4.76. The maximum atomic E-state index is 11.0. The second-order valence-corrected chi connectivity index (χ2v) is 3.65. The van der Waals surface area contributed by atoms with Gasteiger partial charge in [0, 0.05) is 19.3 Å². The van der Waals surface area contributed by atoms with E-state index in [9.17, 15) is 4.79 Å². The number of carbonyl (C=O) groups excluding carboxylic acids is 1. The lowest BCUT2D eigenvalue weighted by Gasteiger charge is -2.09. The van der Waals surface area contributed by atoms with Gasteiger partial charge in [0.25, 0.3) is 0 Å². The van der Waals surface area contributed by atoms with Crippen LogP contribution in [0.3, 0.4) is 0 Å². The van der Waals surface area contributed by atoms with E-state index >= 15 is 0 Å². The van der Waals surface area contributed by atoms with Crippen LogP contribution >= 0.6 is 0 Å². The molecule has 1 unspecified atom stereocenters. The van der Waals surface area contributed by atoms with E-state index in [0.29, 0.717) is 11.7 Å². The predicted molar refractivity (Wildman–Crippen MR) is 43.5 cm³/mol. The maximum Gasteiger partial charge on any atom is 0.194 e. The summed E-state index contributed by atoms with van der Waals surface area (Å²) in [5.74, 6) is 0.940. The molecule has 2 aliphatic rings. The highest BCUT2D eigenvalue weighted by Crippen LogP contribution is 2.27. The van der Waals surface area contributed by atoms with Crippen molar-refractivity contribution in [3.8, 4) is 0 Å². The van der Waals surface area contributed by atoms with Crippen LogP contribution in [0.25, 0.3) is 0 Å². The summed E-state index contributed by atoms with van der Waals surface area (Å²) in [5, 5.41) is 0. The van der Waals surface area contributed by atoms with Gasteiger partial charge >= 0.3 is 0 Å². The van der Waals surface area contributed by atoms with Gasteiger partial charge in [0.1, 0.15) is 5.78 Å². The summed E-state index contributed by atoms with van der Waals surface area (Å²) in [5.41, 5.74) is 0. The van der Waals surface area contributed by atoms with E-state index in [1.54, 1.807) is 0 Å². The number of Topliss-reactive ketones (excluding diaryl/α,β-unsaturated/α-hetero) is 1. The van der Waals surface area contributed by atoms with Crippen molar-refractivity contribution in [2.45, 2.75) is 38.4 Å². The van der Waals surface area contributed by atoms with Gasteiger partial charge in [-0.1, -0.05) is 0 Å². The van der Waals surface area contributed by atoms with Gasteiger partial charge in [-0.05, 0) is 18.8 Å². The van der Waals surface area contributed by atoms with E-state index < -0.39 is 0 Å². The molecule has 4 heteroatoms. The standard InChI is InChI=1S/C9H14O4/c10-8-3-1-7(5-8)2-4-9-11-6-12-13-9/h7,9H,1-6H2/t7?,9-/m1/s1. The van der Waals surface area contributed by atoms with Crippen molar-refractivity contribution in [3.63, 3.8) is 0 Å². The second kappa shape index (κ2) is 4.17. The number of ether oxygens (including phenoxy) is 1. The predicted octanol–water partition coefficient (Wildman–Crippen LogP) is 1.40. The third kappa shape index (κ3) is 2.49. The molecule has 0 bridgehead atoms. The molecule has 2 rings (SSSR count). The van der Waals surface area contributed by atoms with Gasteiger partial charge in [-0.15, -0.1) is 0 Å². The average Bonchev–Trinajstić information content (AvgIpc) is 2.71. The van der Waals surface area contributed by atoms with Gasteiger partial charge in [-0.3, -0.25) is 4.79 Å². The first-order valence-corrected chi connectivity index (χ1v) is 4.76. The van der Waals surface area contributed by atoms with E-state index in [1.807, 2.05) is 0 Å². The topological polar surface area (TPSA) is 44.8 Å². The molecule has 4 nitrogen and oxygen atoms in total. The fraction of sp³-hybridized carbons (Fsp3) is 0.889. The summed E-state index contributed by atoms with van der Waals surface area (Å²) in [6, 6.07) is 0. The Labute approximate surface area is 77.1 Å². The summed E-state index contributed by atoms with van der Waals surface area (Å²) in [7, 11) is 0. The highest BCUT2D eigenvalue weighted by atomic mass is 17.3. The van der Waals surface area contributed by atoms with Crippen molar-refractivity contribution in [2.24, 2.45) is 5.92 Å². The Kier molecular flexibility index (Phi) is 2.93. The molecule has 1 aliphatic heterocycles. The first-order chi connectivity index (χ1) is 6.34. The normalized spacial score (nSPS) is 34.3. The van der Waals surface area contributed by atoms with E-state index in [2.05, 4.69) is 4.89 Å². The molecular formula is C9H14O4. The smallest absolute Gasteiger partial charge is 0.194 e. The Morgan fingerprint density at radius 1 is 1.38 bits per heavy atom. The van der Waals surface area contributed by atoms with E-state index in [-0.39, 0.29) is 13.1 Å². The molecule has 74 valence electrons. The molecule has 0 N–H and O–H groups in total. The third-order valence-electron chi connectivity index (χ3n) is 2.64. The number of rotatable bonds is 3. The van der Waals surface area contributed by atoms with Crippen molar-refractivity contribution >= 4 is 5.78 Å². The summed E-state index contributed by atoms with van der Waals surface area (Å²) < 4.78 is 5.11. The van der Waals surface area contributed by atoms with E-state index in [0.717, 1.165) is 32.1 Å². The van der Waals surface area contributed by atoms with Crippen molar-refractivity contribution in [3.05, 3.63) is 0 Å². The lowest BCUT2D eigenvalue weighted by molar-refractivity contribution is -0.278. The van der Waals surface area contributed by atoms with Gasteiger partial charge < -0.3 is 4.74 Å². The minimum atomic E-state index is -0.212. The summed E-state index contributed by atoms with van der Waals surface area (Å²) in [6.45, 7) is 0.230. The van der Waals surface area contributed by atoms with Gasteiger partial charge in [0.05, 0.1) is 0 Å². The number of ketones is 1. The molecule has 2 atom stereocenters. The molecule has 0 aromatic rings. The van der Waals surface area contributed by atoms with Gasteiger partial charge in [-0.25, -0.2) is 9.78 Å². The molecule has 0 radical (unpaired) electrons. The molecule has 1 saturated heterocycles. The SMILES string of the molecule is O=C1CCC(CC[C@@H]2OCOO2)C1. The van der Waals surface area contributed by atoms with Gasteiger partial charge in [0.15, 0.2) is 13.1 Å². The van der Waals surface area contributed by atoms with Crippen LogP contribution in [-0.4, -0.2) is 18.9 Å². The van der Waals surface area contributed by atoms with Crippen molar-refractivity contribution in [1.29, 1.82) is 0 Å². The number of hydrogen-bond donors (Lipinski definition) is 0. The summed E-state index contributed by atoms with van der Waals surface area (Å²) >= 11 is 0. The Hall–Kier alpha value is -0.450. The van der Waals surface area contributed by atoms with Crippen LogP contribution < -0.4 is 0 Å². The molecule has 1 aliphatic carbocycles. The molecule has 2 fully saturated rings. The molecule has 0 amide bonds. The number of carbonyl (C=O) groups is 1.